The molecule has 1 aromatic carbocycles. The van der Waals surface area contributed by atoms with E-state index < -0.39 is 0 Å². The number of aliphatic hydroxyl groups is 1. The zero-order chi connectivity index (χ0) is 13.0. The molecule has 0 radical (unpaired) electrons. The molecule has 1 heterocycles. The summed E-state index contributed by atoms with van der Waals surface area (Å²) in [6, 6.07) is 9.84. The number of benzene rings is 1. The van der Waals surface area contributed by atoms with Crippen LogP contribution in [0.25, 0.3) is 0 Å². The smallest absolute Gasteiger partial charge is 0.276 e. The first-order valence-corrected chi connectivity index (χ1v) is 5.57. The molecule has 0 atom stereocenters. The molecule has 0 aliphatic heterocycles. The van der Waals surface area contributed by atoms with Crippen molar-refractivity contribution < 1.29 is 9.90 Å². The SMILES string of the molecule is O=C(Nc1ccc(CO)cc1)c1ccc(Cl)nn1. The fourth-order valence-corrected chi connectivity index (χ4v) is 1.43. The van der Waals surface area contributed by atoms with Crippen LogP contribution >= 0.6 is 11.6 Å². The second-order valence-electron chi connectivity index (χ2n) is 3.55. The molecule has 0 aliphatic rings. The summed E-state index contributed by atoms with van der Waals surface area (Å²) in [5, 5.41) is 19.1. The van der Waals surface area contributed by atoms with E-state index in [0.717, 1.165) is 5.56 Å². The summed E-state index contributed by atoms with van der Waals surface area (Å²) in [6.45, 7) is -0.0309. The van der Waals surface area contributed by atoms with Crippen LogP contribution in [0.3, 0.4) is 0 Å². The number of amides is 1. The molecule has 0 saturated heterocycles. The van der Waals surface area contributed by atoms with Gasteiger partial charge >= 0.3 is 0 Å². The molecule has 0 fully saturated rings. The van der Waals surface area contributed by atoms with E-state index in [1.165, 1.54) is 12.1 Å². The van der Waals surface area contributed by atoms with Gasteiger partial charge < -0.3 is 10.4 Å². The average molecular weight is 264 g/mol. The largest absolute Gasteiger partial charge is 0.392 e. The Balaban J connectivity index is 2.08. The third kappa shape index (κ3) is 3.03. The summed E-state index contributed by atoms with van der Waals surface area (Å²) in [7, 11) is 0. The summed E-state index contributed by atoms with van der Waals surface area (Å²) in [6.07, 6.45) is 0. The standard InChI is InChI=1S/C12H10ClN3O2/c13-11-6-5-10(15-16-11)12(18)14-9-3-1-8(7-17)2-4-9/h1-6,17H,7H2,(H,14,18). The third-order valence-electron chi connectivity index (χ3n) is 2.26. The number of anilines is 1. The Morgan fingerprint density at radius 1 is 1.17 bits per heavy atom. The van der Waals surface area contributed by atoms with Crippen molar-refractivity contribution in [1.29, 1.82) is 0 Å². The maximum Gasteiger partial charge on any atom is 0.276 e. The number of rotatable bonds is 3. The third-order valence-corrected chi connectivity index (χ3v) is 2.46. The van der Waals surface area contributed by atoms with Crippen molar-refractivity contribution in [3.8, 4) is 0 Å². The second-order valence-corrected chi connectivity index (χ2v) is 3.94. The minimum Gasteiger partial charge on any atom is -0.392 e. The Labute approximate surface area is 108 Å². The van der Waals surface area contributed by atoms with Gasteiger partial charge in [0.25, 0.3) is 5.91 Å². The summed E-state index contributed by atoms with van der Waals surface area (Å²) in [4.78, 5) is 11.8. The zero-order valence-electron chi connectivity index (χ0n) is 9.30. The van der Waals surface area contributed by atoms with E-state index >= 15 is 0 Å². The molecule has 0 saturated carbocycles. The molecule has 2 N–H and O–H groups in total. The Hall–Kier alpha value is -1.98. The van der Waals surface area contributed by atoms with Crippen molar-refractivity contribution in [2.45, 2.75) is 6.61 Å². The highest BCUT2D eigenvalue weighted by atomic mass is 35.5. The van der Waals surface area contributed by atoms with Crippen molar-refractivity contribution >= 4 is 23.2 Å². The quantitative estimate of drug-likeness (QED) is 0.887. The normalized spacial score (nSPS) is 10.1. The Morgan fingerprint density at radius 2 is 1.89 bits per heavy atom. The average Bonchev–Trinajstić information content (AvgIpc) is 2.40. The molecule has 1 amide bonds. The van der Waals surface area contributed by atoms with Gasteiger partial charge in [0.2, 0.25) is 0 Å². The van der Waals surface area contributed by atoms with E-state index in [1.54, 1.807) is 24.3 Å². The number of carbonyl (C=O) groups excluding carboxylic acids is 1. The topological polar surface area (TPSA) is 75.1 Å². The van der Waals surface area contributed by atoms with Crippen molar-refractivity contribution in [2.24, 2.45) is 0 Å². The van der Waals surface area contributed by atoms with Gasteiger partial charge in [-0.15, -0.1) is 10.2 Å². The number of hydrogen-bond acceptors (Lipinski definition) is 4. The van der Waals surface area contributed by atoms with E-state index in [9.17, 15) is 4.79 Å². The van der Waals surface area contributed by atoms with E-state index in [-0.39, 0.29) is 23.4 Å². The maximum absolute atomic E-state index is 11.8. The Bertz CT molecular complexity index is 540. The first kappa shape index (κ1) is 12.5. The monoisotopic (exact) mass is 263 g/mol. The number of aliphatic hydroxyl groups excluding tert-OH is 1. The van der Waals surface area contributed by atoms with Gasteiger partial charge in [0.1, 0.15) is 0 Å². The fraction of sp³-hybridized carbons (Fsp3) is 0.0833. The molecule has 1 aromatic heterocycles. The van der Waals surface area contributed by atoms with Crippen LogP contribution in [-0.2, 0) is 6.61 Å². The lowest BCUT2D eigenvalue weighted by atomic mass is 10.2. The van der Waals surface area contributed by atoms with Gasteiger partial charge in [0.05, 0.1) is 6.61 Å². The highest BCUT2D eigenvalue weighted by Crippen LogP contribution is 2.11. The number of nitrogens with one attached hydrogen (secondary N) is 1. The van der Waals surface area contributed by atoms with Crippen LogP contribution < -0.4 is 5.32 Å². The van der Waals surface area contributed by atoms with Gasteiger partial charge in [-0.3, -0.25) is 4.79 Å². The molecule has 5 nitrogen and oxygen atoms in total. The lowest BCUT2D eigenvalue weighted by Crippen LogP contribution is -2.14. The number of halogens is 1. The molecular formula is C12H10ClN3O2. The van der Waals surface area contributed by atoms with Crippen LogP contribution in [0.5, 0.6) is 0 Å². The number of nitrogens with zero attached hydrogens (tertiary/aromatic N) is 2. The fourth-order valence-electron chi connectivity index (χ4n) is 1.33. The number of aromatic nitrogens is 2. The molecule has 0 bridgehead atoms. The van der Waals surface area contributed by atoms with Crippen LogP contribution in [0.4, 0.5) is 5.69 Å². The summed E-state index contributed by atoms with van der Waals surface area (Å²) >= 11 is 5.58. The molecule has 18 heavy (non-hydrogen) atoms. The van der Waals surface area contributed by atoms with Crippen LogP contribution in [0, 0.1) is 0 Å². The highest BCUT2D eigenvalue weighted by Gasteiger charge is 2.08. The second kappa shape index (κ2) is 5.57. The van der Waals surface area contributed by atoms with Gasteiger partial charge in [0.15, 0.2) is 10.8 Å². The molecule has 2 aromatic rings. The van der Waals surface area contributed by atoms with Crippen molar-refractivity contribution in [1.82, 2.24) is 10.2 Å². The van der Waals surface area contributed by atoms with Gasteiger partial charge in [-0.1, -0.05) is 23.7 Å². The van der Waals surface area contributed by atoms with Gasteiger partial charge in [-0.2, -0.15) is 0 Å². The zero-order valence-corrected chi connectivity index (χ0v) is 10.1. The lowest BCUT2D eigenvalue weighted by molar-refractivity contribution is 0.102. The molecule has 2 rings (SSSR count). The number of hydrogen-bond donors (Lipinski definition) is 2. The van der Waals surface area contributed by atoms with Crippen molar-refractivity contribution in [3.63, 3.8) is 0 Å². The summed E-state index contributed by atoms with van der Waals surface area (Å²) < 4.78 is 0. The molecule has 0 unspecified atom stereocenters. The van der Waals surface area contributed by atoms with Crippen LogP contribution in [0.15, 0.2) is 36.4 Å². The maximum atomic E-state index is 11.8. The summed E-state index contributed by atoms with van der Waals surface area (Å²) in [5.74, 6) is -0.365. The molecule has 92 valence electrons. The first-order valence-electron chi connectivity index (χ1n) is 5.19. The van der Waals surface area contributed by atoms with Gasteiger partial charge in [0, 0.05) is 5.69 Å². The lowest BCUT2D eigenvalue weighted by Gasteiger charge is -2.04. The van der Waals surface area contributed by atoms with Crippen molar-refractivity contribution in [3.05, 3.63) is 52.8 Å². The van der Waals surface area contributed by atoms with Crippen molar-refractivity contribution in [2.75, 3.05) is 5.32 Å². The van der Waals surface area contributed by atoms with E-state index in [0.29, 0.717) is 5.69 Å². The van der Waals surface area contributed by atoms with E-state index in [1.807, 2.05) is 0 Å². The molecule has 0 aliphatic carbocycles. The van der Waals surface area contributed by atoms with E-state index in [4.69, 9.17) is 16.7 Å². The predicted molar refractivity (Wildman–Crippen MR) is 67.4 cm³/mol. The molecular weight excluding hydrogens is 254 g/mol. The summed E-state index contributed by atoms with van der Waals surface area (Å²) in [5.41, 5.74) is 1.58. The molecule has 0 spiro atoms. The molecule has 6 heteroatoms. The Kier molecular flexibility index (Phi) is 3.86. The van der Waals surface area contributed by atoms with Gasteiger partial charge in [-0.05, 0) is 29.8 Å². The minimum atomic E-state index is -0.365. The minimum absolute atomic E-state index is 0.0309. The van der Waals surface area contributed by atoms with Crippen LogP contribution in [-0.4, -0.2) is 21.2 Å². The van der Waals surface area contributed by atoms with E-state index in [2.05, 4.69) is 15.5 Å². The predicted octanol–water partition coefficient (Wildman–Crippen LogP) is 1.87. The first-order chi connectivity index (χ1) is 8.69. The highest BCUT2D eigenvalue weighted by molar-refractivity contribution is 6.29. The van der Waals surface area contributed by atoms with Crippen LogP contribution in [0.1, 0.15) is 16.1 Å². The van der Waals surface area contributed by atoms with Gasteiger partial charge in [-0.25, -0.2) is 0 Å². The number of carbonyl (C=O) groups is 1. The Morgan fingerprint density at radius 3 is 2.44 bits per heavy atom. The van der Waals surface area contributed by atoms with Crippen LogP contribution in [0.2, 0.25) is 5.15 Å².